The molecule has 0 aliphatic carbocycles. The summed E-state index contributed by atoms with van der Waals surface area (Å²) in [7, 11) is 0. The molecule has 0 spiro atoms. The number of benzene rings is 2. The van der Waals surface area contributed by atoms with Crippen molar-refractivity contribution >= 4 is 27.8 Å². The van der Waals surface area contributed by atoms with E-state index >= 15 is 0 Å². The molecule has 0 aliphatic heterocycles. The van der Waals surface area contributed by atoms with Crippen molar-refractivity contribution in [1.82, 2.24) is 5.32 Å². The third-order valence-corrected chi connectivity index (χ3v) is 3.95. The molecular weight excluding hydrogens is 396 g/mol. The number of esters is 1. The molecule has 4 nitrogen and oxygen atoms in total. The van der Waals surface area contributed by atoms with Gasteiger partial charge in [-0.15, -0.1) is 0 Å². The number of rotatable bonds is 6. The molecule has 0 bridgehead atoms. The first-order valence-electron chi connectivity index (χ1n) is 7.58. The zero-order valence-electron chi connectivity index (χ0n) is 13.4. The van der Waals surface area contributed by atoms with Crippen LogP contribution in [0.15, 0.2) is 46.9 Å². The monoisotopic (exact) mass is 411 g/mol. The first kappa shape index (κ1) is 19.1. The lowest BCUT2D eigenvalue weighted by Gasteiger charge is -2.18. The molecule has 2 rings (SSSR count). The zero-order valence-corrected chi connectivity index (χ0v) is 15.0. The Balaban J connectivity index is 2.22. The van der Waals surface area contributed by atoms with Gasteiger partial charge in [0.2, 0.25) is 0 Å². The highest BCUT2D eigenvalue weighted by atomic mass is 79.9. The minimum Gasteiger partial charge on any atom is -0.464 e. The van der Waals surface area contributed by atoms with Crippen LogP contribution in [0.5, 0.6) is 0 Å². The number of amides is 1. The molecule has 2 aromatic rings. The van der Waals surface area contributed by atoms with E-state index in [0.29, 0.717) is 0 Å². The van der Waals surface area contributed by atoms with Crippen LogP contribution in [0.2, 0.25) is 0 Å². The van der Waals surface area contributed by atoms with E-state index in [2.05, 4.69) is 21.2 Å². The van der Waals surface area contributed by atoms with Gasteiger partial charge in [0.05, 0.1) is 6.61 Å². The van der Waals surface area contributed by atoms with Gasteiger partial charge < -0.3 is 10.1 Å². The Kier molecular flexibility index (Phi) is 6.64. The number of halogens is 3. The Morgan fingerprint density at radius 1 is 1.12 bits per heavy atom. The van der Waals surface area contributed by atoms with E-state index in [1.165, 1.54) is 0 Å². The van der Waals surface area contributed by atoms with Crippen molar-refractivity contribution in [2.24, 2.45) is 0 Å². The highest BCUT2D eigenvalue weighted by Crippen LogP contribution is 2.15. The third-order valence-electron chi connectivity index (χ3n) is 3.42. The van der Waals surface area contributed by atoms with Crippen LogP contribution < -0.4 is 5.32 Å². The van der Waals surface area contributed by atoms with Crippen LogP contribution in [0.1, 0.15) is 22.8 Å². The molecule has 132 valence electrons. The smallest absolute Gasteiger partial charge is 0.328 e. The summed E-state index contributed by atoms with van der Waals surface area (Å²) >= 11 is 3.31. The third kappa shape index (κ3) is 5.09. The summed E-state index contributed by atoms with van der Waals surface area (Å²) < 4.78 is 33.3. The van der Waals surface area contributed by atoms with E-state index in [-0.39, 0.29) is 13.0 Å². The molecule has 0 radical (unpaired) electrons. The second-order valence-corrected chi connectivity index (χ2v) is 6.12. The van der Waals surface area contributed by atoms with Gasteiger partial charge in [-0.05, 0) is 36.8 Å². The molecule has 0 fully saturated rings. The Bertz CT molecular complexity index is 745. The molecule has 0 aromatic heterocycles. The van der Waals surface area contributed by atoms with Crippen molar-refractivity contribution in [1.29, 1.82) is 0 Å². The molecular formula is C18H16BrF2NO3. The van der Waals surface area contributed by atoms with E-state index in [4.69, 9.17) is 4.74 Å². The van der Waals surface area contributed by atoms with Gasteiger partial charge in [0, 0.05) is 10.9 Å². The summed E-state index contributed by atoms with van der Waals surface area (Å²) in [5, 5.41) is 2.36. The molecule has 1 unspecified atom stereocenters. The van der Waals surface area contributed by atoms with E-state index < -0.39 is 35.1 Å². The summed E-state index contributed by atoms with van der Waals surface area (Å²) in [4.78, 5) is 24.4. The quantitative estimate of drug-likeness (QED) is 0.738. The molecule has 25 heavy (non-hydrogen) atoms. The molecule has 0 aliphatic rings. The Morgan fingerprint density at radius 2 is 1.72 bits per heavy atom. The molecule has 0 saturated carbocycles. The summed E-state index contributed by atoms with van der Waals surface area (Å²) in [6.07, 6.45) is 0.133. The zero-order chi connectivity index (χ0) is 18.4. The van der Waals surface area contributed by atoms with Crippen molar-refractivity contribution in [2.45, 2.75) is 19.4 Å². The lowest BCUT2D eigenvalue weighted by molar-refractivity contribution is -0.145. The van der Waals surface area contributed by atoms with Crippen molar-refractivity contribution in [3.05, 3.63) is 69.7 Å². The average molecular weight is 412 g/mol. The van der Waals surface area contributed by atoms with Crippen LogP contribution in [-0.4, -0.2) is 24.5 Å². The second kappa shape index (κ2) is 8.71. The van der Waals surface area contributed by atoms with Gasteiger partial charge in [-0.2, -0.15) is 0 Å². The van der Waals surface area contributed by atoms with Gasteiger partial charge >= 0.3 is 5.97 Å². The van der Waals surface area contributed by atoms with Gasteiger partial charge in [0.1, 0.15) is 23.2 Å². The van der Waals surface area contributed by atoms with Gasteiger partial charge in [-0.25, -0.2) is 13.6 Å². The number of hydrogen-bond donors (Lipinski definition) is 1. The standard InChI is InChI=1S/C18H16BrF2NO3/c1-2-25-18(24)15(10-11-6-8-12(19)9-7-11)22-17(23)16-13(20)4-3-5-14(16)21/h3-9,15H,2,10H2,1H3,(H,22,23). The Morgan fingerprint density at radius 3 is 2.28 bits per heavy atom. The number of nitrogens with one attached hydrogen (secondary N) is 1. The van der Waals surface area contributed by atoms with Crippen LogP contribution in [0.3, 0.4) is 0 Å². The minimum atomic E-state index is -1.06. The Labute approximate surface area is 152 Å². The molecule has 1 amide bonds. The fourth-order valence-electron chi connectivity index (χ4n) is 2.24. The maximum atomic E-state index is 13.7. The number of carbonyl (C=O) groups excluding carboxylic acids is 2. The van der Waals surface area contributed by atoms with E-state index in [0.717, 1.165) is 28.2 Å². The van der Waals surface area contributed by atoms with Gasteiger partial charge in [0.25, 0.3) is 5.91 Å². The SMILES string of the molecule is CCOC(=O)C(Cc1ccc(Br)cc1)NC(=O)c1c(F)cccc1F. The second-order valence-electron chi connectivity index (χ2n) is 5.21. The first-order chi connectivity index (χ1) is 11.9. The fraction of sp³-hybridized carbons (Fsp3) is 0.222. The van der Waals surface area contributed by atoms with Crippen LogP contribution >= 0.6 is 15.9 Å². The lowest BCUT2D eigenvalue weighted by Crippen LogP contribution is -2.44. The molecule has 1 N–H and O–H groups in total. The van der Waals surface area contributed by atoms with Gasteiger partial charge in [-0.1, -0.05) is 34.1 Å². The fourth-order valence-corrected chi connectivity index (χ4v) is 2.50. The van der Waals surface area contributed by atoms with Gasteiger partial charge in [-0.3, -0.25) is 4.79 Å². The van der Waals surface area contributed by atoms with Gasteiger partial charge in [0.15, 0.2) is 0 Å². The predicted octanol–water partition coefficient (Wildman–Crippen LogP) is 3.63. The van der Waals surface area contributed by atoms with E-state index in [1.54, 1.807) is 31.2 Å². The summed E-state index contributed by atoms with van der Waals surface area (Å²) in [5.74, 6) is -3.67. The lowest BCUT2D eigenvalue weighted by atomic mass is 10.1. The van der Waals surface area contributed by atoms with E-state index in [9.17, 15) is 18.4 Å². The molecule has 0 saturated heterocycles. The van der Waals surface area contributed by atoms with Crippen molar-refractivity contribution in [3.8, 4) is 0 Å². The number of ether oxygens (including phenoxy) is 1. The minimum absolute atomic E-state index is 0.125. The van der Waals surface area contributed by atoms with Crippen molar-refractivity contribution in [3.63, 3.8) is 0 Å². The van der Waals surface area contributed by atoms with Crippen molar-refractivity contribution in [2.75, 3.05) is 6.61 Å². The number of carbonyl (C=O) groups is 2. The first-order valence-corrected chi connectivity index (χ1v) is 8.37. The predicted molar refractivity (Wildman–Crippen MR) is 92.1 cm³/mol. The number of hydrogen-bond acceptors (Lipinski definition) is 3. The summed E-state index contributed by atoms with van der Waals surface area (Å²) in [6, 6.07) is 9.17. The molecule has 0 heterocycles. The summed E-state index contributed by atoms with van der Waals surface area (Å²) in [6.45, 7) is 1.76. The summed E-state index contributed by atoms with van der Waals surface area (Å²) in [5.41, 5.74) is 0.0307. The topological polar surface area (TPSA) is 55.4 Å². The Hall–Kier alpha value is -2.28. The normalized spacial score (nSPS) is 11.7. The van der Waals surface area contributed by atoms with Crippen LogP contribution in [-0.2, 0) is 16.0 Å². The molecule has 7 heteroatoms. The molecule has 2 aromatic carbocycles. The highest BCUT2D eigenvalue weighted by molar-refractivity contribution is 9.10. The van der Waals surface area contributed by atoms with E-state index in [1.807, 2.05) is 0 Å². The maximum absolute atomic E-state index is 13.7. The largest absolute Gasteiger partial charge is 0.464 e. The highest BCUT2D eigenvalue weighted by Gasteiger charge is 2.26. The maximum Gasteiger partial charge on any atom is 0.328 e. The average Bonchev–Trinajstić information content (AvgIpc) is 2.56. The van der Waals surface area contributed by atoms with Crippen LogP contribution in [0, 0.1) is 11.6 Å². The van der Waals surface area contributed by atoms with Crippen LogP contribution in [0.4, 0.5) is 8.78 Å². The van der Waals surface area contributed by atoms with Crippen molar-refractivity contribution < 1.29 is 23.1 Å². The molecule has 1 atom stereocenters. The van der Waals surface area contributed by atoms with Crippen LogP contribution in [0.25, 0.3) is 0 Å².